The van der Waals surface area contributed by atoms with Crippen molar-refractivity contribution < 1.29 is 19.1 Å². The van der Waals surface area contributed by atoms with Gasteiger partial charge in [0.15, 0.2) is 11.5 Å². The fraction of sp³-hybridized carbons (Fsp3) is 0.417. The second kappa shape index (κ2) is 9.20. The van der Waals surface area contributed by atoms with Crippen LogP contribution in [0.1, 0.15) is 55.0 Å². The number of fused-ring (bicyclic) bond motifs is 1. The van der Waals surface area contributed by atoms with E-state index in [2.05, 4.69) is 18.3 Å². The van der Waals surface area contributed by atoms with Gasteiger partial charge in [-0.3, -0.25) is 9.59 Å². The van der Waals surface area contributed by atoms with Gasteiger partial charge in [-0.05, 0) is 43.5 Å². The topological polar surface area (TPSA) is 67.9 Å². The molecule has 160 valence electrons. The normalized spacial score (nSPS) is 15.2. The standard InChI is InChI=1S/C24H30N2O4/c1-6-7-10-30-20-9-8-18(13-21(20)29-5)14-26-23-16(3)11-15(2)12-19(23)22(24(26)28)25-17(4)27/h8-9,11-13,22H,6-7,10,14H2,1-5H3,(H,25,27). The van der Waals surface area contributed by atoms with Gasteiger partial charge < -0.3 is 19.7 Å². The van der Waals surface area contributed by atoms with Crippen LogP contribution in [0.3, 0.4) is 0 Å². The third-order valence-corrected chi connectivity index (χ3v) is 5.24. The Morgan fingerprint density at radius 2 is 1.93 bits per heavy atom. The van der Waals surface area contributed by atoms with E-state index in [0.29, 0.717) is 24.7 Å². The van der Waals surface area contributed by atoms with Crippen LogP contribution in [-0.4, -0.2) is 25.5 Å². The number of nitrogens with zero attached hydrogens (tertiary/aromatic N) is 1. The Morgan fingerprint density at radius 3 is 2.60 bits per heavy atom. The Bertz CT molecular complexity index is 954. The molecular formula is C24H30N2O4. The molecule has 1 aliphatic rings. The first-order valence-electron chi connectivity index (χ1n) is 10.3. The molecular weight excluding hydrogens is 380 g/mol. The number of aryl methyl sites for hydroxylation is 2. The van der Waals surface area contributed by atoms with Crippen molar-refractivity contribution in [2.24, 2.45) is 0 Å². The van der Waals surface area contributed by atoms with Gasteiger partial charge in [-0.15, -0.1) is 0 Å². The maximum Gasteiger partial charge on any atom is 0.254 e. The Hall–Kier alpha value is -3.02. The molecule has 2 aromatic carbocycles. The molecule has 2 amide bonds. The number of hydrogen-bond donors (Lipinski definition) is 1. The van der Waals surface area contributed by atoms with Gasteiger partial charge >= 0.3 is 0 Å². The number of rotatable bonds is 8. The van der Waals surface area contributed by atoms with E-state index in [4.69, 9.17) is 9.47 Å². The third-order valence-electron chi connectivity index (χ3n) is 5.24. The second-order valence-electron chi connectivity index (χ2n) is 7.76. The van der Waals surface area contributed by atoms with Crippen LogP contribution in [0.4, 0.5) is 5.69 Å². The molecule has 0 aliphatic carbocycles. The quantitative estimate of drug-likeness (QED) is 0.662. The first kappa shape index (κ1) is 21.7. The summed E-state index contributed by atoms with van der Waals surface area (Å²) < 4.78 is 11.3. The summed E-state index contributed by atoms with van der Waals surface area (Å²) in [7, 11) is 1.61. The number of methoxy groups -OCH3 is 1. The first-order chi connectivity index (χ1) is 14.3. The predicted molar refractivity (Wildman–Crippen MR) is 117 cm³/mol. The molecule has 1 aliphatic heterocycles. The number of ether oxygens (including phenoxy) is 2. The van der Waals surface area contributed by atoms with Crippen LogP contribution in [0.25, 0.3) is 0 Å². The average molecular weight is 411 g/mol. The Balaban J connectivity index is 1.91. The van der Waals surface area contributed by atoms with E-state index in [-0.39, 0.29) is 11.8 Å². The van der Waals surface area contributed by atoms with Crippen molar-refractivity contribution in [1.29, 1.82) is 0 Å². The number of unbranched alkanes of at least 4 members (excludes halogenated alkanes) is 1. The van der Waals surface area contributed by atoms with Gasteiger partial charge in [0, 0.05) is 12.5 Å². The molecule has 6 heteroatoms. The molecule has 0 bridgehead atoms. The summed E-state index contributed by atoms with van der Waals surface area (Å²) in [5.41, 5.74) is 4.72. The monoisotopic (exact) mass is 410 g/mol. The number of carbonyl (C=O) groups is 2. The first-order valence-corrected chi connectivity index (χ1v) is 10.3. The summed E-state index contributed by atoms with van der Waals surface area (Å²) in [5.74, 6) is 0.993. The fourth-order valence-corrected chi connectivity index (χ4v) is 3.92. The molecule has 0 radical (unpaired) electrons. The molecule has 30 heavy (non-hydrogen) atoms. The summed E-state index contributed by atoms with van der Waals surface area (Å²) in [6, 6.07) is 9.12. The van der Waals surface area contributed by atoms with Crippen molar-refractivity contribution >= 4 is 17.5 Å². The van der Waals surface area contributed by atoms with E-state index < -0.39 is 6.04 Å². The molecule has 0 aromatic heterocycles. The van der Waals surface area contributed by atoms with Gasteiger partial charge in [-0.25, -0.2) is 0 Å². The zero-order valence-corrected chi connectivity index (χ0v) is 18.4. The lowest BCUT2D eigenvalue weighted by molar-refractivity contribution is -0.126. The van der Waals surface area contributed by atoms with Crippen molar-refractivity contribution in [3.63, 3.8) is 0 Å². The molecule has 2 aromatic rings. The number of hydrogen-bond acceptors (Lipinski definition) is 4. The van der Waals surface area contributed by atoms with Crippen LogP contribution in [0.15, 0.2) is 30.3 Å². The van der Waals surface area contributed by atoms with E-state index in [1.54, 1.807) is 12.0 Å². The molecule has 0 spiro atoms. The summed E-state index contributed by atoms with van der Waals surface area (Å²) >= 11 is 0. The van der Waals surface area contributed by atoms with Crippen molar-refractivity contribution in [3.8, 4) is 11.5 Å². The zero-order chi connectivity index (χ0) is 21.8. The van der Waals surface area contributed by atoms with E-state index in [1.165, 1.54) is 6.92 Å². The summed E-state index contributed by atoms with van der Waals surface area (Å²) in [6.07, 6.45) is 2.04. The number of carbonyl (C=O) groups excluding carboxylic acids is 2. The Labute approximate surface area is 178 Å². The van der Waals surface area contributed by atoms with Crippen LogP contribution in [-0.2, 0) is 16.1 Å². The largest absolute Gasteiger partial charge is 0.493 e. The van der Waals surface area contributed by atoms with Gasteiger partial charge in [0.1, 0.15) is 6.04 Å². The van der Waals surface area contributed by atoms with E-state index in [9.17, 15) is 9.59 Å². The van der Waals surface area contributed by atoms with E-state index >= 15 is 0 Å². The fourth-order valence-electron chi connectivity index (χ4n) is 3.92. The second-order valence-corrected chi connectivity index (χ2v) is 7.76. The molecule has 0 saturated heterocycles. The maximum atomic E-state index is 13.2. The smallest absolute Gasteiger partial charge is 0.254 e. The molecule has 6 nitrogen and oxygen atoms in total. The molecule has 3 rings (SSSR count). The lowest BCUT2D eigenvalue weighted by Crippen LogP contribution is -2.36. The minimum absolute atomic E-state index is 0.129. The summed E-state index contributed by atoms with van der Waals surface area (Å²) in [6.45, 7) is 8.56. The summed E-state index contributed by atoms with van der Waals surface area (Å²) in [4.78, 5) is 26.7. The minimum atomic E-state index is -0.658. The number of benzene rings is 2. The zero-order valence-electron chi connectivity index (χ0n) is 18.4. The number of anilines is 1. The highest BCUT2D eigenvalue weighted by atomic mass is 16.5. The van der Waals surface area contributed by atoms with Crippen LogP contribution in [0.5, 0.6) is 11.5 Å². The number of nitrogens with one attached hydrogen (secondary N) is 1. The van der Waals surface area contributed by atoms with Crippen molar-refractivity contribution in [1.82, 2.24) is 5.32 Å². The highest BCUT2D eigenvalue weighted by Gasteiger charge is 2.39. The van der Waals surface area contributed by atoms with Crippen molar-refractivity contribution in [2.75, 3.05) is 18.6 Å². The Morgan fingerprint density at radius 1 is 1.17 bits per heavy atom. The lowest BCUT2D eigenvalue weighted by Gasteiger charge is -2.21. The van der Waals surface area contributed by atoms with Crippen LogP contribution < -0.4 is 19.7 Å². The van der Waals surface area contributed by atoms with Crippen LogP contribution in [0.2, 0.25) is 0 Å². The maximum absolute atomic E-state index is 13.2. The highest BCUT2D eigenvalue weighted by molar-refractivity contribution is 6.06. The average Bonchev–Trinajstić information content (AvgIpc) is 2.94. The Kier molecular flexibility index (Phi) is 6.65. The highest BCUT2D eigenvalue weighted by Crippen LogP contribution is 2.40. The SMILES string of the molecule is CCCCOc1ccc(CN2C(=O)C(NC(C)=O)c3cc(C)cc(C)c32)cc1OC. The van der Waals surface area contributed by atoms with E-state index in [1.807, 2.05) is 38.1 Å². The van der Waals surface area contributed by atoms with Crippen LogP contribution >= 0.6 is 0 Å². The molecule has 0 saturated carbocycles. The van der Waals surface area contributed by atoms with Gasteiger partial charge in [-0.2, -0.15) is 0 Å². The molecule has 1 N–H and O–H groups in total. The van der Waals surface area contributed by atoms with Gasteiger partial charge in [-0.1, -0.05) is 37.1 Å². The number of amides is 2. The van der Waals surface area contributed by atoms with Gasteiger partial charge in [0.05, 0.1) is 25.9 Å². The predicted octanol–water partition coefficient (Wildman–Crippen LogP) is 4.21. The third kappa shape index (κ3) is 4.42. The molecule has 1 unspecified atom stereocenters. The van der Waals surface area contributed by atoms with Crippen molar-refractivity contribution in [3.05, 3.63) is 52.6 Å². The minimum Gasteiger partial charge on any atom is -0.493 e. The van der Waals surface area contributed by atoms with Gasteiger partial charge in [0.25, 0.3) is 5.91 Å². The summed E-state index contributed by atoms with van der Waals surface area (Å²) in [5, 5.41) is 2.80. The molecule has 1 heterocycles. The van der Waals surface area contributed by atoms with E-state index in [0.717, 1.165) is 40.8 Å². The van der Waals surface area contributed by atoms with Gasteiger partial charge in [0.2, 0.25) is 5.91 Å². The molecule has 1 atom stereocenters. The van der Waals surface area contributed by atoms with Crippen LogP contribution in [0, 0.1) is 13.8 Å². The molecule has 0 fully saturated rings. The lowest BCUT2D eigenvalue weighted by atomic mass is 10.0. The van der Waals surface area contributed by atoms with Crippen molar-refractivity contribution in [2.45, 2.75) is 53.1 Å².